The van der Waals surface area contributed by atoms with Crippen LogP contribution in [0.25, 0.3) is 0 Å². The molecule has 9 heteroatoms. The van der Waals surface area contributed by atoms with E-state index < -0.39 is 41.4 Å². The van der Waals surface area contributed by atoms with Crippen molar-refractivity contribution >= 4 is 23.9 Å². The minimum absolute atomic E-state index is 0.0784. The van der Waals surface area contributed by atoms with E-state index >= 15 is 0 Å². The first-order valence-corrected chi connectivity index (χ1v) is 6.78. The predicted octanol–water partition coefficient (Wildman–Crippen LogP) is 0.493. The SMILES string of the molecule is CCC(C)(NC(=O)NC(CC(C)CC(=O)O)C(=O)O)C(=O)O. The third-order valence-electron chi connectivity index (χ3n) is 3.33. The fraction of sp³-hybridized carbons (Fsp3) is 0.692. The second-order valence-corrected chi connectivity index (χ2v) is 5.42. The van der Waals surface area contributed by atoms with Crippen molar-refractivity contribution in [3.8, 4) is 0 Å². The molecule has 9 nitrogen and oxygen atoms in total. The number of carboxylic acid groups (broad SMARTS) is 3. The van der Waals surface area contributed by atoms with E-state index in [4.69, 9.17) is 15.3 Å². The number of nitrogens with one attached hydrogen (secondary N) is 2. The molecule has 0 aliphatic heterocycles. The van der Waals surface area contributed by atoms with Crippen molar-refractivity contribution in [2.45, 2.75) is 51.6 Å². The zero-order chi connectivity index (χ0) is 17.5. The topological polar surface area (TPSA) is 153 Å². The molecule has 0 radical (unpaired) electrons. The lowest BCUT2D eigenvalue weighted by molar-refractivity contribution is -0.144. The molecule has 0 rings (SSSR count). The first kappa shape index (κ1) is 19.7. The Bertz CT molecular complexity index is 452. The Morgan fingerprint density at radius 1 is 1.14 bits per heavy atom. The molecule has 2 amide bonds. The van der Waals surface area contributed by atoms with Gasteiger partial charge >= 0.3 is 23.9 Å². The normalized spacial score (nSPS) is 16.0. The minimum Gasteiger partial charge on any atom is -0.481 e. The monoisotopic (exact) mass is 318 g/mol. The third kappa shape index (κ3) is 6.42. The van der Waals surface area contributed by atoms with Gasteiger partial charge in [-0.2, -0.15) is 0 Å². The van der Waals surface area contributed by atoms with Crippen LogP contribution >= 0.6 is 0 Å². The Hall–Kier alpha value is -2.32. The number of carbonyl (C=O) groups is 4. The molecule has 0 bridgehead atoms. The Labute approximate surface area is 127 Å². The highest BCUT2D eigenvalue weighted by molar-refractivity contribution is 5.88. The number of rotatable bonds is 9. The summed E-state index contributed by atoms with van der Waals surface area (Å²) in [5.74, 6) is -4.08. The zero-order valence-electron chi connectivity index (χ0n) is 12.8. The molecular weight excluding hydrogens is 296 g/mol. The first-order valence-electron chi connectivity index (χ1n) is 6.78. The average Bonchev–Trinajstić information content (AvgIpc) is 2.36. The molecule has 3 unspecified atom stereocenters. The van der Waals surface area contributed by atoms with Crippen LogP contribution in [0.3, 0.4) is 0 Å². The van der Waals surface area contributed by atoms with E-state index in [9.17, 15) is 19.2 Å². The highest BCUT2D eigenvalue weighted by Crippen LogP contribution is 2.12. The van der Waals surface area contributed by atoms with Crippen LogP contribution in [0.4, 0.5) is 4.79 Å². The summed E-state index contributed by atoms with van der Waals surface area (Å²) in [6, 6.07) is -2.23. The fourth-order valence-electron chi connectivity index (χ4n) is 1.74. The van der Waals surface area contributed by atoms with Crippen molar-refractivity contribution in [1.82, 2.24) is 10.6 Å². The van der Waals surface area contributed by atoms with Crippen LogP contribution in [0.15, 0.2) is 0 Å². The van der Waals surface area contributed by atoms with Crippen LogP contribution in [0, 0.1) is 5.92 Å². The van der Waals surface area contributed by atoms with Gasteiger partial charge < -0.3 is 26.0 Å². The molecule has 0 fully saturated rings. The number of aliphatic carboxylic acids is 3. The fourth-order valence-corrected chi connectivity index (χ4v) is 1.74. The van der Waals surface area contributed by atoms with Crippen molar-refractivity contribution < 1.29 is 34.5 Å². The van der Waals surface area contributed by atoms with Gasteiger partial charge in [-0.3, -0.25) is 4.79 Å². The Kier molecular flexibility index (Phi) is 7.34. The van der Waals surface area contributed by atoms with Gasteiger partial charge in [-0.05, 0) is 25.7 Å². The molecule has 0 aliphatic carbocycles. The number of hydrogen-bond acceptors (Lipinski definition) is 4. The largest absolute Gasteiger partial charge is 0.481 e. The molecule has 0 aromatic rings. The summed E-state index contributed by atoms with van der Waals surface area (Å²) in [7, 11) is 0. The average molecular weight is 318 g/mol. The first-order chi connectivity index (χ1) is 10.0. The van der Waals surface area contributed by atoms with E-state index in [1.54, 1.807) is 13.8 Å². The van der Waals surface area contributed by atoms with Crippen LogP contribution in [-0.2, 0) is 14.4 Å². The van der Waals surface area contributed by atoms with E-state index in [1.165, 1.54) is 6.92 Å². The Balaban J connectivity index is 4.76. The van der Waals surface area contributed by atoms with Crippen molar-refractivity contribution in [2.75, 3.05) is 0 Å². The molecule has 5 N–H and O–H groups in total. The van der Waals surface area contributed by atoms with Crippen molar-refractivity contribution in [1.29, 1.82) is 0 Å². The third-order valence-corrected chi connectivity index (χ3v) is 3.33. The standard InChI is InChI=1S/C13H22N2O7/c1-4-13(3,11(20)21)15-12(22)14-8(10(18)19)5-7(2)6-9(16)17/h7-8H,4-6H2,1-3H3,(H,16,17)(H,18,19)(H,20,21)(H2,14,15,22). The van der Waals surface area contributed by atoms with E-state index in [0.717, 1.165) is 0 Å². The van der Waals surface area contributed by atoms with Crippen LogP contribution in [0.1, 0.15) is 40.0 Å². The molecule has 0 spiro atoms. The second-order valence-electron chi connectivity index (χ2n) is 5.42. The van der Waals surface area contributed by atoms with Gasteiger partial charge in [-0.25, -0.2) is 14.4 Å². The predicted molar refractivity (Wildman–Crippen MR) is 75.5 cm³/mol. The van der Waals surface area contributed by atoms with E-state index in [0.29, 0.717) is 0 Å². The molecule has 3 atom stereocenters. The van der Waals surface area contributed by atoms with Gasteiger partial charge in [0.15, 0.2) is 0 Å². The van der Waals surface area contributed by atoms with E-state index in [2.05, 4.69) is 10.6 Å². The molecule has 0 aromatic carbocycles. The molecule has 22 heavy (non-hydrogen) atoms. The molecule has 0 aromatic heterocycles. The lowest BCUT2D eigenvalue weighted by Crippen LogP contribution is -2.57. The van der Waals surface area contributed by atoms with Gasteiger partial charge in [-0.1, -0.05) is 13.8 Å². The molecule has 126 valence electrons. The van der Waals surface area contributed by atoms with Crippen molar-refractivity contribution in [2.24, 2.45) is 5.92 Å². The number of hydrogen-bond donors (Lipinski definition) is 5. The van der Waals surface area contributed by atoms with E-state index in [1.807, 2.05) is 0 Å². The van der Waals surface area contributed by atoms with Crippen LogP contribution in [0.2, 0.25) is 0 Å². The summed E-state index contributed by atoms with van der Waals surface area (Å²) in [6.45, 7) is 4.42. The lowest BCUT2D eigenvalue weighted by atomic mass is 9.98. The molecule has 0 heterocycles. The summed E-state index contributed by atoms with van der Waals surface area (Å²) in [5, 5.41) is 31.1. The number of amides is 2. The maximum Gasteiger partial charge on any atom is 0.329 e. The van der Waals surface area contributed by atoms with Gasteiger partial charge in [0.05, 0.1) is 0 Å². The van der Waals surface area contributed by atoms with Crippen LogP contribution < -0.4 is 10.6 Å². The summed E-state index contributed by atoms with van der Waals surface area (Å²) in [4.78, 5) is 44.5. The smallest absolute Gasteiger partial charge is 0.329 e. The van der Waals surface area contributed by atoms with Crippen LogP contribution in [-0.4, -0.2) is 50.8 Å². The number of carboxylic acids is 3. The number of urea groups is 1. The van der Waals surface area contributed by atoms with Gasteiger partial charge in [0.25, 0.3) is 0 Å². The highest BCUT2D eigenvalue weighted by Gasteiger charge is 2.34. The zero-order valence-corrected chi connectivity index (χ0v) is 12.8. The molecule has 0 aliphatic rings. The second kappa shape index (κ2) is 8.20. The quantitative estimate of drug-likeness (QED) is 0.414. The summed E-state index contributed by atoms with van der Waals surface area (Å²) < 4.78 is 0. The summed E-state index contributed by atoms with van der Waals surface area (Å²) in [6.07, 6.45) is -0.192. The van der Waals surface area contributed by atoms with Gasteiger partial charge in [0, 0.05) is 6.42 Å². The maximum absolute atomic E-state index is 11.8. The van der Waals surface area contributed by atoms with Gasteiger partial charge in [0.1, 0.15) is 11.6 Å². The molecular formula is C13H22N2O7. The summed E-state index contributed by atoms with van der Waals surface area (Å²) >= 11 is 0. The minimum atomic E-state index is -1.51. The maximum atomic E-state index is 11.8. The van der Waals surface area contributed by atoms with Crippen LogP contribution in [0.5, 0.6) is 0 Å². The van der Waals surface area contributed by atoms with Gasteiger partial charge in [0.2, 0.25) is 0 Å². The Morgan fingerprint density at radius 2 is 1.68 bits per heavy atom. The lowest BCUT2D eigenvalue weighted by Gasteiger charge is -2.26. The molecule has 0 saturated heterocycles. The van der Waals surface area contributed by atoms with Gasteiger partial charge in [-0.15, -0.1) is 0 Å². The van der Waals surface area contributed by atoms with Crippen molar-refractivity contribution in [3.63, 3.8) is 0 Å². The summed E-state index contributed by atoms with van der Waals surface area (Å²) in [5.41, 5.74) is -1.51. The Morgan fingerprint density at radius 3 is 2.05 bits per heavy atom. The highest BCUT2D eigenvalue weighted by atomic mass is 16.4. The van der Waals surface area contributed by atoms with E-state index in [-0.39, 0.29) is 19.3 Å². The van der Waals surface area contributed by atoms with Crippen molar-refractivity contribution in [3.05, 3.63) is 0 Å². The number of carbonyl (C=O) groups excluding carboxylic acids is 1. The molecule has 0 saturated carbocycles.